The molecule has 0 bridgehead atoms. The van der Waals surface area contributed by atoms with E-state index in [0.717, 1.165) is 31.8 Å². The van der Waals surface area contributed by atoms with E-state index in [1.165, 1.54) is 0 Å². The maximum absolute atomic E-state index is 13.8. The third-order valence-corrected chi connectivity index (χ3v) is 9.78. The number of aliphatic hydroxyl groups is 1. The number of ether oxygens (including phenoxy) is 1. The SMILES string of the molecule is CC1(C)OB(c2cc3c(c4ccccc24)[I-]C=CN(C[C@H]2CCOC[C@@H]2O)C3=O)OC1(C)C. The Morgan fingerprint density at radius 2 is 1.85 bits per heavy atom. The number of hydrogen-bond acceptors (Lipinski definition) is 5. The molecule has 2 atom stereocenters. The van der Waals surface area contributed by atoms with Crippen LogP contribution in [0.15, 0.2) is 40.6 Å². The summed E-state index contributed by atoms with van der Waals surface area (Å²) < 4.78 is 21.4. The van der Waals surface area contributed by atoms with Crippen molar-refractivity contribution in [2.75, 3.05) is 19.8 Å². The molecule has 5 rings (SSSR count). The number of amides is 1. The van der Waals surface area contributed by atoms with Crippen molar-refractivity contribution < 1.29 is 45.2 Å². The summed E-state index contributed by atoms with van der Waals surface area (Å²) in [5, 5.41) is 12.5. The molecular weight excluding hydrogens is 532 g/mol. The maximum atomic E-state index is 13.8. The van der Waals surface area contributed by atoms with Gasteiger partial charge in [0.1, 0.15) is 0 Å². The third kappa shape index (κ3) is 4.14. The van der Waals surface area contributed by atoms with E-state index in [-0.39, 0.29) is 11.8 Å². The van der Waals surface area contributed by atoms with Gasteiger partial charge in [-0.1, -0.05) is 0 Å². The molecule has 8 heteroatoms. The van der Waals surface area contributed by atoms with Gasteiger partial charge in [0.2, 0.25) is 0 Å². The fraction of sp³-hybridized carbons (Fsp3) is 0.480. The second-order valence-corrected chi connectivity index (χ2v) is 12.4. The average molecular weight is 562 g/mol. The predicted molar refractivity (Wildman–Crippen MR) is 123 cm³/mol. The van der Waals surface area contributed by atoms with E-state index in [1.807, 2.05) is 52.1 Å². The molecule has 1 amide bonds. The van der Waals surface area contributed by atoms with Gasteiger partial charge in [-0.25, -0.2) is 0 Å². The van der Waals surface area contributed by atoms with E-state index in [4.69, 9.17) is 14.0 Å². The zero-order valence-electron chi connectivity index (χ0n) is 19.5. The van der Waals surface area contributed by atoms with Gasteiger partial charge in [0, 0.05) is 0 Å². The van der Waals surface area contributed by atoms with Crippen LogP contribution in [0.1, 0.15) is 44.5 Å². The Hall–Kier alpha value is -1.46. The van der Waals surface area contributed by atoms with Gasteiger partial charge in [0.25, 0.3) is 0 Å². The van der Waals surface area contributed by atoms with Crippen LogP contribution in [0, 0.1) is 9.49 Å². The van der Waals surface area contributed by atoms with Gasteiger partial charge >= 0.3 is 206 Å². The first-order valence-corrected chi connectivity index (χ1v) is 13.8. The van der Waals surface area contributed by atoms with Crippen LogP contribution in [0.4, 0.5) is 0 Å². The number of fused-ring (bicyclic) bond motifs is 3. The van der Waals surface area contributed by atoms with E-state index in [9.17, 15) is 9.90 Å². The second kappa shape index (κ2) is 8.64. The van der Waals surface area contributed by atoms with Crippen LogP contribution in [0.25, 0.3) is 10.8 Å². The van der Waals surface area contributed by atoms with Crippen molar-refractivity contribution in [3.8, 4) is 0 Å². The van der Waals surface area contributed by atoms with Crippen LogP contribution in [0.2, 0.25) is 0 Å². The van der Waals surface area contributed by atoms with Gasteiger partial charge in [-0.15, -0.1) is 0 Å². The Labute approximate surface area is 205 Å². The molecule has 3 aliphatic rings. The van der Waals surface area contributed by atoms with E-state index < -0.39 is 45.6 Å². The number of halogens is 1. The first-order valence-electron chi connectivity index (χ1n) is 11.5. The van der Waals surface area contributed by atoms with Gasteiger partial charge < -0.3 is 0 Å². The normalized spacial score (nSPS) is 26.8. The fourth-order valence-electron chi connectivity index (χ4n) is 4.56. The standard InChI is InChI=1S/C25H30BINO5/c1-24(2)25(3,4)33-26(32-24)20-13-19-22(18-8-6-5-7-17(18)20)27-10-11-28(23(19)30)14-16-9-12-31-15-21(16)29/h5-8,10-11,13,16,21,29H,9,12,14-15H2,1-4H3/q-1/t16-,21+/m1/s1. The van der Waals surface area contributed by atoms with E-state index in [2.05, 4.69) is 16.2 Å². The summed E-state index contributed by atoms with van der Waals surface area (Å²) in [4.78, 5) is 15.6. The minimum atomic E-state index is -0.547. The summed E-state index contributed by atoms with van der Waals surface area (Å²) in [5.41, 5.74) is 0.691. The number of hydrogen-bond donors (Lipinski definition) is 1. The fourth-order valence-corrected chi connectivity index (χ4v) is 7.00. The van der Waals surface area contributed by atoms with Crippen LogP contribution in [-0.4, -0.2) is 60.1 Å². The number of aliphatic hydroxyl groups excluding tert-OH is 1. The molecule has 176 valence electrons. The van der Waals surface area contributed by atoms with Gasteiger partial charge in [0.15, 0.2) is 0 Å². The summed E-state index contributed by atoms with van der Waals surface area (Å²) in [6.07, 6.45) is 2.12. The van der Waals surface area contributed by atoms with E-state index in [0.29, 0.717) is 19.8 Å². The molecule has 0 unspecified atom stereocenters. The Morgan fingerprint density at radius 3 is 2.55 bits per heavy atom. The Bertz CT molecular complexity index is 1100. The van der Waals surface area contributed by atoms with Crippen LogP contribution < -0.4 is 26.7 Å². The Morgan fingerprint density at radius 1 is 1.15 bits per heavy atom. The third-order valence-electron chi connectivity index (χ3n) is 7.31. The number of rotatable bonds is 3. The molecule has 2 saturated heterocycles. The number of carbonyl (C=O) groups is 1. The summed E-state index contributed by atoms with van der Waals surface area (Å²) in [5.74, 6) is -0.0178. The number of benzene rings is 2. The van der Waals surface area contributed by atoms with Crippen LogP contribution in [-0.2, 0) is 14.0 Å². The molecule has 6 nitrogen and oxygen atoms in total. The number of carbonyl (C=O) groups excluding carboxylic acids is 1. The molecule has 3 aliphatic heterocycles. The molecule has 2 aromatic rings. The van der Waals surface area contributed by atoms with Crippen LogP contribution >= 0.6 is 0 Å². The molecule has 0 aromatic heterocycles. The first-order chi connectivity index (χ1) is 15.7. The van der Waals surface area contributed by atoms with Crippen molar-refractivity contribution in [3.63, 3.8) is 0 Å². The summed E-state index contributed by atoms with van der Waals surface area (Å²) >= 11 is -0.502. The topological polar surface area (TPSA) is 68.2 Å². The monoisotopic (exact) mass is 562 g/mol. The molecular formula is C25H30BINO5-. The van der Waals surface area contributed by atoms with Crippen molar-refractivity contribution in [2.45, 2.75) is 51.4 Å². The summed E-state index contributed by atoms with van der Waals surface area (Å²) in [6.45, 7) is 9.60. The van der Waals surface area contributed by atoms with Gasteiger partial charge in [-0.05, 0) is 0 Å². The molecule has 0 aliphatic carbocycles. The quantitative estimate of drug-likeness (QED) is 0.412. The van der Waals surface area contributed by atoms with E-state index >= 15 is 0 Å². The predicted octanol–water partition coefficient (Wildman–Crippen LogP) is -0.278. The summed E-state index contributed by atoms with van der Waals surface area (Å²) in [7, 11) is -0.543. The molecule has 33 heavy (non-hydrogen) atoms. The van der Waals surface area contributed by atoms with Crippen LogP contribution in [0.3, 0.4) is 0 Å². The second-order valence-electron chi connectivity index (χ2n) is 9.99. The molecule has 2 fully saturated rings. The molecule has 0 radical (unpaired) electrons. The van der Waals surface area contributed by atoms with Gasteiger partial charge in [-0.2, -0.15) is 0 Å². The summed E-state index contributed by atoms with van der Waals surface area (Å²) in [6, 6.07) is 10.2. The molecule has 2 aromatic carbocycles. The zero-order chi connectivity index (χ0) is 23.4. The van der Waals surface area contributed by atoms with E-state index in [1.54, 1.807) is 4.90 Å². The first kappa shape index (κ1) is 23.3. The van der Waals surface area contributed by atoms with Crippen molar-refractivity contribution >= 4 is 29.3 Å². The van der Waals surface area contributed by atoms with Crippen molar-refractivity contribution in [1.82, 2.24) is 4.90 Å². The number of nitrogens with zero attached hydrogens (tertiary/aromatic N) is 1. The Kier molecular flexibility index (Phi) is 6.10. The van der Waals surface area contributed by atoms with Crippen molar-refractivity contribution in [2.24, 2.45) is 5.92 Å². The van der Waals surface area contributed by atoms with Gasteiger partial charge in [-0.3, -0.25) is 0 Å². The van der Waals surface area contributed by atoms with Crippen molar-refractivity contribution in [3.05, 3.63) is 49.7 Å². The molecule has 3 heterocycles. The van der Waals surface area contributed by atoms with Crippen molar-refractivity contribution in [1.29, 1.82) is 0 Å². The van der Waals surface area contributed by atoms with Gasteiger partial charge in [0.05, 0.1) is 0 Å². The molecule has 1 N–H and O–H groups in total. The van der Waals surface area contributed by atoms with Crippen LogP contribution in [0.5, 0.6) is 0 Å². The Balaban J connectivity index is 1.56. The molecule has 0 saturated carbocycles. The molecule has 0 spiro atoms. The average Bonchev–Trinajstić information content (AvgIpc) is 2.89. The minimum absolute atomic E-state index is 0.00937. The zero-order valence-corrected chi connectivity index (χ0v) is 21.7.